The molecule has 0 aliphatic heterocycles. The molecule has 0 atom stereocenters. The Morgan fingerprint density at radius 1 is 1.21 bits per heavy atom. The van der Waals surface area contributed by atoms with Crippen molar-refractivity contribution in [3.63, 3.8) is 0 Å². The Bertz CT molecular complexity index is 808. The number of aromatic nitrogens is 2. The first-order valence-electron chi connectivity index (χ1n) is 10.1. The van der Waals surface area contributed by atoms with Crippen molar-refractivity contribution in [1.29, 1.82) is 5.26 Å². The number of anilines is 1. The van der Waals surface area contributed by atoms with Gasteiger partial charge in [0.2, 0.25) is 0 Å². The molecule has 0 bridgehead atoms. The van der Waals surface area contributed by atoms with Crippen LogP contribution in [0.5, 0.6) is 0 Å². The van der Waals surface area contributed by atoms with Crippen LogP contribution in [-0.4, -0.2) is 49.1 Å². The fourth-order valence-electron chi connectivity index (χ4n) is 2.90. The quantitative estimate of drug-likeness (QED) is 0.304. The summed E-state index contributed by atoms with van der Waals surface area (Å²) in [7, 11) is 1.76. The lowest BCUT2D eigenvalue weighted by Crippen LogP contribution is -2.38. The number of aryl methyl sites for hydroxylation is 1. The highest BCUT2D eigenvalue weighted by molar-refractivity contribution is 5.79. The summed E-state index contributed by atoms with van der Waals surface area (Å²) in [6.07, 6.45) is 3.53. The number of nitrogen functional groups attached to an aromatic ring is 1. The van der Waals surface area contributed by atoms with Gasteiger partial charge in [0.05, 0.1) is 11.4 Å². The standard InChI is InChI=1S/C21H31N7O/c1-3-29-15-8-7-13-25-21(24-2)26-14-9-12-19-18(16-22)20(23)28(27-19)17-10-5-4-6-11-17/h4-6,10-11H,3,7-9,12-15,23H2,1-2H3,(H2,24,25,26). The summed E-state index contributed by atoms with van der Waals surface area (Å²) in [5.41, 5.74) is 8.16. The van der Waals surface area contributed by atoms with Crippen LogP contribution < -0.4 is 16.4 Å². The average Bonchev–Trinajstić information content (AvgIpc) is 3.07. The number of rotatable bonds is 11. The van der Waals surface area contributed by atoms with E-state index in [4.69, 9.17) is 10.5 Å². The molecule has 0 radical (unpaired) electrons. The molecule has 0 unspecified atom stereocenters. The number of hydrogen-bond donors (Lipinski definition) is 3. The lowest BCUT2D eigenvalue weighted by molar-refractivity contribution is 0.143. The van der Waals surface area contributed by atoms with Gasteiger partial charge in [-0.05, 0) is 44.7 Å². The lowest BCUT2D eigenvalue weighted by atomic mass is 10.1. The number of para-hydroxylation sites is 1. The monoisotopic (exact) mass is 397 g/mol. The molecule has 0 aliphatic carbocycles. The second kappa shape index (κ2) is 12.4. The molecule has 0 saturated carbocycles. The van der Waals surface area contributed by atoms with Gasteiger partial charge >= 0.3 is 0 Å². The van der Waals surface area contributed by atoms with E-state index in [-0.39, 0.29) is 0 Å². The second-order valence-corrected chi connectivity index (χ2v) is 6.50. The maximum Gasteiger partial charge on any atom is 0.190 e. The van der Waals surface area contributed by atoms with Crippen molar-refractivity contribution >= 4 is 11.8 Å². The molecule has 4 N–H and O–H groups in total. The van der Waals surface area contributed by atoms with Gasteiger partial charge in [0.1, 0.15) is 17.5 Å². The lowest BCUT2D eigenvalue weighted by Gasteiger charge is -2.11. The highest BCUT2D eigenvalue weighted by atomic mass is 16.5. The predicted octanol–water partition coefficient (Wildman–Crippen LogP) is 2.24. The number of nitrogens with one attached hydrogen (secondary N) is 2. The maximum absolute atomic E-state index is 9.48. The van der Waals surface area contributed by atoms with Gasteiger partial charge in [0, 0.05) is 33.4 Å². The molecule has 0 amide bonds. The summed E-state index contributed by atoms with van der Waals surface area (Å²) >= 11 is 0. The second-order valence-electron chi connectivity index (χ2n) is 6.50. The number of guanidine groups is 1. The topological polar surface area (TPSA) is 113 Å². The van der Waals surface area contributed by atoms with Crippen LogP contribution in [0.2, 0.25) is 0 Å². The third-order valence-electron chi connectivity index (χ3n) is 4.42. The van der Waals surface area contributed by atoms with E-state index in [0.717, 1.165) is 62.9 Å². The fourth-order valence-corrected chi connectivity index (χ4v) is 2.90. The zero-order valence-electron chi connectivity index (χ0n) is 17.3. The van der Waals surface area contributed by atoms with E-state index in [2.05, 4.69) is 26.8 Å². The molecular formula is C21H31N7O. The van der Waals surface area contributed by atoms with Gasteiger partial charge in [-0.2, -0.15) is 10.4 Å². The minimum absolute atomic E-state index is 0.381. The molecule has 0 spiro atoms. The first kappa shape index (κ1) is 22.2. The molecular weight excluding hydrogens is 366 g/mol. The minimum Gasteiger partial charge on any atom is -0.382 e. The molecule has 1 aromatic carbocycles. The van der Waals surface area contributed by atoms with E-state index in [0.29, 0.717) is 17.8 Å². The van der Waals surface area contributed by atoms with Crippen LogP contribution in [-0.2, 0) is 11.2 Å². The minimum atomic E-state index is 0.381. The Kier molecular flexibility index (Phi) is 9.52. The molecule has 0 aliphatic rings. The summed E-state index contributed by atoms with van der Waals surface area (Å²) in [6.45, 7) is 5.14. The van der Waals surface area contributed by atoms with Gasteiger partial charge < -0.3 is 21.1 Å². The van der Waals surface area contributed by atoms with Gasteiger partial charge in [-0.25, -0.2) is 4.68 Å². The van der Waals surface area contributed by atoms with Gasteiger partial charge in [-0.1, -0.05) is 18.2 Å². The highest BCUT2D eigenvalue weighted by Gasteiger charge is 2.16. The van der Waals surface area contributed by atoms with Crippen molar-refractivity contribution < 1.29 is 4.74 Å². The first-order chi connectivity index (χ1) is 14.2. The van der Waals surface area contributed by atoms with Crippen LogP contribution in [0.25, 0.3) is 5.69 Å². The Balaban J connectivity index is 1.80. The van der Waals surface area contributed by atoms with Crippen LogP contribution in [0, 0.1) is 11.3 Å². The molecule has 2 rings (SSSR count). The van der Waals surface area contributed by atoms with Crippen molar-refractivity contribution in [2.24, 2.45) is 4.99 Å². The Labute approximate surface area is 172 Å². The number of benzene rings is 1. The Morgan fingerprint density at radius 2 is 1.93 bits per heavy atom. The van der Waals surface area contributed by atoms with Crippen molar-refractivity contribution in [2.45, 2.75) is 32.6 Å². The summed E-state index contributed by atoms with van der Waals surface area (Å²) in [5, 5.41) is 20.6. The van der Waals surface area contributed by atoms with Crippen LogP contribution in [0.1, 0.15) is 37.4 Å². The van der Waals surface area contributed by atoms with Crippen molar-refractivity contribution in [3.8, 4) is 11.8 Å². The first-order valence-corrected chi connectivity index (χ1v) is 10.1. The molecule has 1 heterocycles. The van der Waals surface area contributed by atoms with E-state index < -0.39 is 0 Å². The molecule has 0 saturated heterocycles. The summed E-state index contributed by atoms with van der Waals surface area (Å²) in [4.78, 5) is 4.23. The zero-order chi connectivity index (χ0) is 20.9. The Morgan fingerprint density at radius 3 is 2.59 bits per heavy atom. The molecule has 1 aromatic heterocycles. The number of hydrogen-bond acceptors (Lipinski definition) is 5. The average molecular weight is 398 g/mol. The largest absolute Gasteiger partial charge is 0.382 e. The fraction of sp³-hybridized carbons (Fsp3) is 0.476. The van der Waals surface area contributed by atoms with Crippen LogP contribution in [0.4, 0.5) is 5.82 Å². The van der Waals surface area contributed by atoms with Crippen LogP contribution in [0.3, 0.4) is 0 Å². The third kappa shape index (κ3) is 6.80. The highest BCUT2D eigenvalue weighted by Crippen LogP contribution is 2.21. The molecule has 8 nitrogen and oxygen atoms in total. The molecule has 29 heavy (non-hydrogen) atoms. The molecule has 156 valence electrons. The number of nitriles is 1. The van der Waals surface area contributed by atoms with Gasteiger partial charge in [-0.3, -0.25) is 4.99 Å². The summed E-state index contributed by atoms with van der Waals surface area (Å²) in [6, 6.07) is 11.8. The molecule has 2 aromatic rings. The van der Waals surface area contributed by atoms with Crippen LogP contribution in [0.15, 0.2) is 35.3 Å². The smallest absolute Gasteiger partial charge is 0.190 e. The number of aliphatic imine (C=N–C) groups is 1. The summed E-state index contributed by atoms with van der Waals surface area (Å²) in [5.74, 6) is 1.16. The van der Waals surface area contributed by atoms with E-state index in [1.54, 1.807) is 11.7 Å². The maximum atomic E-state index is 9.48. The SMILES string of the molecule is CCOCCCCNC(=NC)NCCCc1nn(-c2ccccc2)c(N)c1C#N. The number of ether oxygens (including phenoxy) is 1. The zero-order valence-corrected chi connectivity index (χ0v) is 17.3. The molecule has 8 heteroatoms. The van der Waals surface area contributed by atoms with Crippen molar-refractivity contribution in [2.75, 3.05) is 39.1 Å². The number of nitrogens with zero attached hydrogens (tertiary/aromatic N) is 4. The van der Waals surface area contributed by atoms with E-state index >= 15 is 0 Å². The molecule has 0 fully saturated rings. The van der Waals surface area contributed by atoms with E-state index in [1.165, 1.54) is 0 Å². The van der Waals surface area contributed by atoms with Crippen molar-refractivity contribution in [3.05, 3.63) is 41.6 Å². The Hall–Kier alpha value is -3.05. The summed E-state index contributed by atoms with van der Waals surface area (Å²) < 4.78 is 6.96. The van der Waals surface area contributed by atoms with Crippen LogP contribution >= 0.6 is 0 Å². The number of unbranched alkanes of at least 4 members (excludes halogenated alkanes) is 1. The van der Waals surface area contributed by atoms with E-state index in [9.17, 15) is 5.26 Å². The van der Waals surface area contributed by atoms with Gasteiger partial charge in [0.15, 0.2) is 5.96 Å². The van der Waals surface area contributed by atoms with E-state index in [1.807, 2.05) is 37.3 Å². The van der Waals surface area contributed by atoms with Gasteiger partial charge in [0.25, 0.3) is 0 Å². The normalized spacial score (nSPS) is 11.3. The third-order valence-corrected chi connectivity index (χ3v) is 4.42. The van der Waals surface area contributed by atoms with Crippen molar-refractivity contribution in [1.82, 2.24) is 20.4 Å². The predicted molar refractivity (Wildman–Crippen MR) is 116 cm³/mol. The number of nitrogens with two attached hydrogens (primary N) is 1. The van der Waals surface area contributed by atoms with Gasteiger partial charge in [-0.15, -0.1) is 0 Å².